The number of allylic oxidation sites excluding steroid dienone is 3. The number of benzene rings is 1. The molecule has 1 heterocycles. The summed E-state index contributed by atoms with van der Waals surface area (Å²) in [5.74, 6) is 2.95. The Labute approximate surface area is 135 Å². The van der Waals surface area contributed by atoms with Crippen LogP contribution < -0.4 is 4.74 Å². The molecule has 0 saturated carbocycles. The predicted octanol–water partition coefficient (Wildman–Crippen LogP) is 6.07. The molecule has 0 bridgehead atoms. The molecular formula is C21H28O. The molecule has 0 amide bonds. The van der Waals surface area contributed by atoms with Gasteiger partial charge in [0.2, 0.25) is 0 Å². The zero-order chi connectivity index (χ0) is 15.7. The van der Waals surface area contributed by atoms with E-state index in [0.717, 1.165) is 17.9 Å². The van der Waals surface area contributed by atoms with Gasteiger partial charge in [-0.3, -0.25) is 0 Å². The van der Waals surface area contributed by atoms with Gasteiger partial charge in [-0.25, -0.2) is 0 Å². The molecule has 1 nitrogen and oxygen atoms in total. The van der Waals surface area contributed by atoms with Crippen LogP contribution in [0.3, 0.4) is 0 Å². The standard InChI is InChI=1S/C21H28O/c1-5-6-7-8-17-12-15(3)21-19-11-14(2)9-10-18(19)16(4)22-20(21)13-17/h11-13,18-19H,4-10H2,1-3H3. The Kier molecular flexibility index (Phi) is 4.42. The third-order valence-corrected chi connectivity index (χ3v) is 5.21. The highest BCUT2D eigenvalue weighted by atomic mass is 16.5. The van der Waals surface area contributed by atoms with Crippen molar-refractivity contribution in [3.63, 3.8) is 0 Å². The van der Waals surface area contributed by atoms with E-state index in [1.165, 1.54) is 54.4 Å². The second kappa shape index (κ2) is 6.32. The van der Waals surface area contributed by atoms with E-state index in [-0.39, 0.29) is 0 Å². The largest absolute Gasteiger partial charge is 0.462 e. The van der Waals surface area contributed by atoms with Crippen LogP contribution in [0.15, 0.2) is 36.1 Å². The summed E-state index contributed by atoms with van der Waals surface area (Å²) in [7, 11) is 0. The Morgan fingerprint density at radius 3 is 2.82 bits per heavy atom. The van der Waals surface area contributed by atoms with Crippen molar-refractivity contribution in [3.8, 4) is 5.75 Å². The van der Waals surface area contributed by atoms with Gasteiger partial charge in [-0.15, -0.1) is 0 Å². The average molecular weight is 296 g/mol. The number of aryl methyl sites for hydroxylation is 2. The maximum Gasteiger partial charge on any atom is 0.131 e. The molecular weight excluding hydrogens is 268 g/mol. The van der Waals surface area contributed by atoms with Crippen LogP contribution in [0.25, 0.3) is 0 Å². The minimum absolute atomic E-state index is 0.459. The summed E-state index contributed by atoms with van der Waals surface area (Å²) < 4.78 is 6.14. The molecule has 1 aliphatic carbocycles. The number of ether oxygens (including phenoxy) is 1. The Morgan fingerprint density at radius 2 is 2.05 bits per heavy atom. The molecule has 0 spiro atoms. The van der Waals surface area contributed by atoms with Crippen LogP contribution in [0, 0.1) is 12.8 Å². The summed E-state index contributed by atoms with van der Waals surface area (Å²) in [6, 6.07) is 4.64. The van der Waals surface area contributed by atoms with Crippen LogP contribution in [-0.2, 0) is 6.42 Å². The summed E-state index contributed by atoms with van der Waals surface area (Å²) >= 11 is 0. The zero-order valence-corrected chi connectivity index (χ0v) is 14.2. The van der Waals surface area contributed by atoms with E-state index in [9.17, 15) is 0 Å². The van der Waals surface area contributed by atoms with Crippen LogP contribution in [0.1, 0.15) is 68.6 Å². The first-order valence-corrected chi connectivity index (χ1v) is 8.77. The molecule has 0 N–H and O–H groups in total. The number of hydrogen-bond acceptors (Lipinski definition) is 1. The van der Waals surface area contributed by atoms with Crippen LogP contribution in [0.2, 0.25) is 0 Å². The Morgan fingerprint density at radius 1 is 1.23 bits per heavy atom. The third-order valence-electron chi connectivity index (χ3n) is 5.21. The van der Waals surface area contributed by atoms with Crippen LogP contribution in [0.4, 0.5) is 0 Å². The van der Waals surface area contributed by atoms with Gasteiger partial charge in [-0.1, -0.05) is 44.1 Å². The first-order valence-electron chi connectivity index (χ1n) is 8.77. The summed E-state index contributed by atoms with van der Waals surface area (Å²) in [6.07, 6.45) is 9.78. The number of unbranched alkanes of at least 4 members (excludes halogenated alkanes) is 2. The summed E-state index contributed by atoms with van der Waals surface area (Å²) in [5, 5.41) is 0. The minimum Gasteiger partial charge on any atom is -0.462 e. The Balaban J connectivity index is 1.95. The second-order valence-electron chi connectivity index (χ2n) is 7.03. The molecule has 2 unspecified atom stereocenters. The number of fused-ring (bicyclic) bond motifs is 3. The lowest BCUT2D eigenvalue weighted by molar-refractivity contribution is 0.280. The molecule has 118 valence electrons. The summed E-state index contributed by atoms with van der Waals surface area (Å²) in [6.45, 7) is 11.0. The predicted molar refractivity (Wildman–Crippen MR) is 93.4 cm³/mol. The van der Waals surface area contributed by atoms with Crippen LogP contribution >= 0.6 is 0 Å². The maximum atomic E-state index is 6.14. The van der Waals surface area contributed by atoms with E-state index in [1.807, 2.05) is 0 Å². The van der Waals surface area contributed by atoms with Crippen molar-refractivity contribution in [2.75, 3.05) is 0 Å². The van der Waals surface area contributed by atoms with Gasteiger partial charge in [-0.2, -0.15) is 0 Å². The summed E-state index contributed by atoms with van der Waals surface area (Å²) in [4.78, 5) is 0. The molecule has 22 heavy (non-hydrogen) atoms. The van der Waals surface area contributed by atoms with Gasteiger partial charge in [0, 0.05) is 17.4 Å². The smallest absolute Gasteiger partial charge is 0.131 e. The zero-order valence-electron chi connectivity index (χ0n) is 14.2. The highest BCUT2D eigenvalue weighted by molar-refractivity contribution is 5.51. The van der Waals surface area contributed by atoms with Gasteiger partial charge in [0.05, 0.1) is 0 Å². The molecule has 0 saturated heterocycles. The monoisotopic (exact) mass is 296 g/mol. The normalized spacial score (nSPS) is 23.4. The molecule has 1 aromatic rings. The lowest BCUT2D eigenvalue weighted by atomic mass is 9.73. The third kappa shape index (κ3) is 2.86. The van der Waals surface area contributed by atoms with Gasteiger partial charge in [-0.05, 0) is 56.7 Å². The first-order chi connectivity index (χ1) is 10.6. The molecule has 1 aromatic carbocycles. The molecule has 0 fully saturated rings. The van der Waals surface area contributed by atoms with Crippen molar-refractivity contribution >= 4 is 0 Å². The molecule has 0 aromatic heterocycles. The summed E-state index contributed by atoms with van der Waals surface area (Å²) in [5.41, 5.74) is 5.70. The number of rotatable bonds is 4. The van der Waals surface area contributed by atoms with E-state index in [1.54, 1.807) is 0 Å². The van der Waals surface area contributed by atoms with E-state index in [2.05, 4.69) is 45.6 Å². The maximum absolute atomic E-state index is 6.14. The Hall–Kier alpha value is -1.50. The van der Waals surface area contributed by atoms with Gasteiger partial charge < -0.3 is 4.74 Å². The van der Waals surface area contributed by atoms with Crippen molar-refractivity contribution in [3.05, 3.63) is 52.8 Å². The fourth-order valence-electron chi connectivity index (χ4n) is 4.00. The lowest BCUT2D eigenvalue weighted by Gasteiger charge is -2.37. The Bertz CT molecular complexity index is 609. The van der Waals surface area contributed by atoms with E-state index < -0.39 is 0 Å². The molecule has 1 aliphatic heterocycles. The van der Waals surface area contributed by atoms with E-state index >= 15 is 0 Å². The molecule has 0 radical (unpaired) electrons. The molecule has 3 rings (SSSR count). The van der Waals surface area contributed by atoms with Crippen molar-refractivity contribution in [2.45, 2.75) is 65.2 Å². The lowest BCUT2D eigenvalue weighted by Crippen LogP contribution is -2.26. The van der Waals surface area contributed by atoms with Crippen LogP contribution in [0.5, 0.6) is 5.75 Å². The topological polar surface area (TPSA) is 9.23 Å². The molecule has 2 atom stereocenters. The highest BCUT2D eigenvalue weighted by Gasteiger charge is 2.35. The van der Waals surface area contributed by atoms with Gasteiger partial charge in [0.25, 0.3) is 0 Å². The van der Waals surface area contributed by atoms with E-state index in [4.69, 9.17) is 4.74 Å². The van der Waals surface area contributed by atoms with Crippen molar-refractivity contribution < 1.29 is 4.74 Å². The van der Waals surface area contributed by atoms with Crippen molar-refractivity contribution in [2.24, 2.45) is 5.92 Å². The van der Waals surface area contributed by atoms with Gasteiger partial charge in [0.1, 0.15) is 11.5 Å². The van der Waals surface area contributed by atoms with Crippen molar-refractivity contribution in [1.82, 2.24) is 0 Å². The van der Waals surface area contributed by atoms with Crippen molar-refractivity contribution in [1.29, 1.82) is 0 Å². The molecule has 2 aliphatic rings. The van der Waals surface area contributed by atoms with E-state index in [0.29, 0.717) is 11.8 Å². The quantitative estimate of drug-likeness (QED) is 0.483. The minimum atomic E-state index is 0.459. The number of hydrogen-bond donors (Lipinski definition) is 0. The SMILES string of the molecule is C=C1Oc2cc(CCCCC)cc(C)c2C2C=C(C)CCC12. The second-order valence-corrected chi connectivity index (χ2v) is 7.03. The first kappa shape index (κ1) is 15.4. The average Bonchev–Trinajstić information content (AvgIpc) is 2.46. The highest BCUT2D eigenvalue weighted by Crippen LogP contribution is 2.49. The fourth-order valence-corrected chi connectivity index (χ4v) is 4.00. The van der Waals surface area contributed by atoms with Crippen LogP contribution in [-0.4, -0.2) is 0 Å². The fraction of sp³-hybridized carbons (Fsp3) is 0.524. The molecule has 1 heteroatoms. The van der Waals surface area contributed by atoms with Gasteiger partial charge in [0.15, 0.2) is 0 Å². The van der Waals surface area contributed by atoms with Gasteiger partial charge >= 0.3 is 0 Å².